The molecule has 1 aliphatic carbocycles. The maximum atomic E-state index is 12.2. The van der Waals surface area contributed by atoms with Crippen molar-refractivity contribution >= 4 is 21.5 Å². The van der Waals surface area contributed by atoms with Crippen LogP contribution in [0.15, 0.2) is 34.3 Å². The van der Waals surface area contributed by atoms with Crippen molar-refractivity contribution in [3.8, 4) is 0 Å². The van der Waals surface area contributed by atoms with Gasteiger partial charge in [-0.2, -0.15) is 0 Å². The Morgan fingerprint density at radius 2 is 1.92 bits per heavy atom. The molecule has 0 bridgehead atoms. The van der Waals surface area contributed by atoms with Crippen LogP contribution in [0.2, 0.25) is 0 Å². The van der Waals surface area contributed by atoms with E-state index in [0.29, 0.717) is 38.0 Å². The summed E-state index contributed by atoms with van der Waals surface area (Å²) in [5, 5.41) is 3.62. The lowest BCUT2D eigenvalue weighted by molar-refractivity contribution is -0.132. The molecule has 0 radical (unpaired) electrons. The fraction of sp³-hybridized carbons (Fsp3) is 0.500. The van der Waals surface area contributed by atoms with E-state index < -0.39 is 15.8 Å². The zero-order valence-corrected chi connectivity index (χ0v) is 14.1. The molecular formula is C16H19NO6S. The van der Waals surface area contributed by atoms with Gasteiger partial charge in [0, 0.05) is 12.0 Å². The molecule has 0 spiro atoms. The minimum atomic E-state index is -3.26. The first kappa shape index (κ1) is 16.9. The van der Waals surface area contributed by atoms with Gasteiger partial charge in [0.1, 0.15) is 0 Å². The molecular weight excluding hydrogens is 334 g/mol. The van der Waals surface area contributed by atoms with E-state index in [9.17, 15) is 13.2 Å². The normalized spacial score (nSPS) is 21.5. The van der Waals surface area contributed by atoms with E-state index in [2.05, 4.69) is 5.16 Å². The summed E-state index contributed by atoms with van der Waals surface area (Å²) >= 11 is 0. The third-order valence-electron chi connectivity index (χ3n) is 3.98. The molecule has 1 saturated heterocycles. The van der Waals surface area contributed by atoms with Crippen molar-refractivity contribution in [2.45, 2.75) is 35.5 Å². The van der Waals surface area contributed by atoms with Crippen LogP contribution in [0.25, 0.3) is 0 Å². The first-order valence-corrected chi connectivity index (χ1v) is 9.31. The van der Waals surface area contributed by atoms with Crippen LogP contribution in [0.4, 0.5) is 0 Å². The van der Waals surface area contributed by atoms with Crippen molar-refractivity contribution in [2.75, 3.05) is 20.3 Å². The Morgan fingerprint density at radius 3 is 2.46 bits per heavy atom. The fourth-order valence-corrected chi connectivity index (χ4v) is 4.06. The van der Waals surface area contributed by atoms with Crippen LogP contribution in [0.3, 0.4) is 0 Å². The molecule has 0 amide bonds. The predicted octanol–water partition coefficient (Wildman–Crippen LogP) is 1.31. The standard InChI is InChI=1S/C16H19NO6S/c1-21-16(18)15(17-23-12-8-9-22-10-12)11-2-4-13(5-3-11)24(19,20)14-6-7-14/h2-5,12,14H,6-10H2,1H3/t12-/m1/s1. The van der Waals surface area contributed by atoms with Gasteiger partial charge in [-0.1, -0.05) is 17.3 Å². The number of nitrogens with zero attached hydrogens (tertiary/aromatic N) is 1. The summed E-state index contributed by atoms with van der Waals surface area (Å²) in [6.45, 7) is 1.03. The summed E-state index contributed by atoms with van der Waals surface area (Å²) in [6, 6.07) is 6.05. The molecule has 3 rings (SSSR count). The summed E-state index contributed by atoms with van der Waals surface area (Å²) in [4.78, 5) is 17.5. The van der Waals surface area contributed by atoms with Crippen LogP contribution in [0.5, 0.6) is 0 Å². The number of ether oxygens (including phenoxy) is 2. The van der Waals surface area contributed by atoms with Crippen molar-refractivity contribution in [1.82, 2.24) is 0 Å². The van der Waals surface area contributed by atoms with Crippen molar-refractivity contribution < 1.29 is 27.5 Å². The number of carbonyl (C=O) groups excluding carboxylic acids is 1. The van der Waals surface area contributed by atoms with E-state index >= 15 is 0 Å². The van der Waals surface area contributed by atoms with E-state index in [-0.39, 0.29) is 22.0 Å². The number of sulfone groups is 1. The third kappa shape index (κ3) is 3.59. The van der Waals surface area contributed by atoms with Gasteiger partial charge in [-0.25, -0.2) is 13.2 Å². The van der Waals surface area contributed by atoms with E-state index in [4.69, 9.17) is 14.3 Å². The van der Waals surface area contributed by atoms with Crippen molar-refractivity contribution in [1.29, 1.82) is 0 Å². The predicted molar refractivity (Wildman–Crippen MR) is 85.5 cm³/mol. The lowest BCUT2D eigenvalue weighted by Crippen LogP contribution is -2.20. The van der Waals surface area contributed by atoms with Gasteiger partial charge in [-0.05, 0) is 25.0 Å². The second-order valence-corrected chi connectivity index (χ2v) is 8.02. The van der Waals surface area contributed by atoms with Crippen LogP contribution in [-0.4, -0.2) is 51.8 Å². The molecule has 1 aromatic rings. The van der Waals surface area contributed by atoms with Gasteiger partial charge in [0.2, 0.25) is 0 Å². The number of methoxy groups -OCH3 is 1. The fourth-order valence-electron chi connectivity index (χ4n) is 2.40. The smallest absolute Gasteiger partial charge is 0.360 e. The molecule has 0 unspecified atom stereocenters. The highest BCUT2D eigenvalue weighted by atomic mass is 32.2. The minimum absolute atomic E-state index is 0.000213. The largest absolute Gasteiger partial charge is 0.464 e. The highest BCUT2D eigenvalue weighted by Crippen LogP contribution is 2.33. The van der Waals surface area contributed by atoms with Gasteiger partial charge < -0.3 is 14.3 Å². The Balaban J connectivity index is 1.81. The quantitative estimate of drug-likeness (QED) is 0.435. The number of benzene rings is 1. The SMILES string of the molecule is COC(=O)C(=NO[C@@H]1CCOC1)c1ccc(S(=O)(=O)C2CC2)cc1. The summed E-state index contributed by atoms with van der Waals surface area (Å²) in [5.41, 5.74) is 0.440. The number of rotatable bonds is 6. The molecule has 0 aromatic heterocycles. The summed E-state index contributed by atoms with van der Waals surface area (Å²) < 4.78 is 34.3. The zero-order chi connectivity index (χ0) is 17.2. The number of hydrogen-bond acceptors (Lipinski definition) is 7. The molecule has 2 aliphatic rings. The van der Waals surface area contributed by atoms with Gasteiger partial charge in [-0.3, -0.25) is 0 Å². The molecule has 1 heterocycles. The van der Waals surface area contributed by atoms with Gasteiger partial charge in [0.05, 0.1) is 30.5 Å². The molecule has 7 nitrogen and oxygen atoms in total. The van der Waals surface area contributed by atoms with E-state index in [1.165, 1.54) is 19.2 Å². The third-order valence-corrected chi connectivity index (χ3v) is 6.26. The monoisotopic (exact) mass is 353 g/mol. The Bertz CT molecular complexity index is 730. The summed E-state index contributed by atoms with van der Waals surface area (Å²) in [5.74, 6) is -0.647. The topological polar surface area (TPSA) is 91.3 Å². The average molecular weight is 353 g/mol. The van der Waals surface area contributed by atoms with Gasteiger partial charge in [0.15, 0.2) is 21.7 Å². The molecule has 1 atom stereocenters. The van der Waals surface area contributed by atoms with Crippen LogP contribution < -0.4 is 0 Å². The Hall–Kier alpha value is -1.93. The molecule has 24 heavy (non-hydrogen) atoms. The van der Waals surface area contributed by atoms with Gasteiger partial charge in [0.25, 0.3) is 0 Å². The molecule has 1 aliphatic heterocycles. The zero-order valence-electron chi connectivity index (χ0n) is 13.3. The number of oxime groups is 1. The molecule has 2 fully saturated rings. The molecule has 1 aromatic carbocycles. The first-order valence-electron chi connectivity index (χ1n) is 7.76. The Kier molecular flexibility index (Phi) is 4.86. The van der Waals surface area contributed by atoms with Crippen LogP contribution in [-0.2, 0) is 28.9 Å². The Labute approximate surface area is 140 Å². The minimum Gasteiger partial charge on any atom is -0.464 e. The highest BCUT2D eigenvalue weighted by molar-refractivity contribution is 7.92. The lowest BCUT2D eigenvalue weighted by Gasteiger charge is -2.09. The number of esters is 1. The van der Waals surface area contributed by atoms with Crippen molar-refractivity contribution in [3.05, 3.63) is 29.8 Å². The van der Waals surface area contributed by atoms with Crippen LogP contribution >= 0.6 is 0 Å². The maximum Gasteiger partial charge on any atom is 0.360 e. The van der Waals surface area contributed by atoms with Gasteiger partial charge >= 0.3 is 5.97 Å². The number of carbonyl (C=O) groups is 1. The van der Waals surface area contributed by atoms with E-state index in [0.717, 1.165) is 0 Å². The lowest BCUT2D eigenvalue weighted by atomic mass is 10.1. The van der Waals surface area contributed by atoms with Gasteiger partial charge in [-0.15, -0.1) is 0 Å². The molecule has 0 N–H and O–H groups in total. The average Bonchev–Trinajstić information content (AvgIpc) is 3.34. The Morgan fingerprint density at radius 1 is 1.21 bits per heavy atom. The summed E-state index contributed by atoms with van der Waals surface area (Å²) in [6.07, 6.45) is 1.92. The number of hydrogen-bond donors (Lipinski definition) is 0. The van der Waals surface area contributed by atoms with Crippen LogP contribution in [0, 0.1) is 0 Å². The second kappa shape index (κ2) is 6.90. The highest BCUT2D eigenvalue weighted by Gasteiger charge is 2.36. The molecule has 1 saturated carbocycles. The van der Waals surface area contributed by atoms with Crippen molar-refractivity contribution in [2.24, 2.45) is 5.16 Å². The van der Waals surface area contributed by atoms with Crippen molar-refractivity contribution in [3.63, 3.8) is 0 Å². The molecule has 130 valence electrons. The van der Waals surface area contributed by atoms with E-state index in [1.807, 2.05) is 0 Å². The van der Waals surface area contributed by atoms with E-state index in [1.54, 1.807) is 12.1 Å². The molecule has 8 heteroatoms. The second-order valence-electron chi connectivity index (χ2n) is 5.79. The maximum absolute atomic E-state index is 12.2. The summed E-state index contributed by atoms with van der Waals surface area (Å²) in [7, 11) is -2.01. The first-order chi connectivity index (χ1) is 11.5. The van der Waals surface area contributed by atoms with Crippen LogP contribution in [0.1, 0.15) is 24.8 Å².